The predicted octanol–water partition coefficient (Wildman–Crippen LogP) is 2.26. The van der Waals surface area contributed by atoms with E-state index in [1.807, 2.05) is 0 Å². The molecule has 0 aromatic heterocycles. The second kappa shape index (κ2) is 7.90. The molecule has 2 aromatic rings. The molecule has 1 atom stereocenters. The lowest BCUT2D eigenvalue weighted by Gasteiger charge is -2.23. The molecular formula is C21H22FN3O4. The Morgan fingerprint density at radius 3 is 2.45 bits per heavy atom. The molecule has 7 nitrogen and oxygen atoms in total. The monoisotopic (exact) mass is 399 g/mol. The highest BCUT2D eigenvalue weighted by atomic mass is 19.1. The summed E-state index contributed by atoms with van der Waals surface area (Å²) in [5.74, 6) is -0.804. The van der Waals surface area contributed by atoms with Crippen LogP contribution in [0.4, 0.5) is 9.18 Å². The van der Waals surface area contributed by atoms with Crippen molar-refractivity contribution in [3.05, 3.63) is 65.5 Å². The molecule has 0 radical (unpaired) electrons. The van der Waals surface area contributed by atoms with Crippen LogP contribution in [0.5, 0.6) is 5.75 Å². The number of carbonyl (C=O) groups is 3. The Morgan fingerprint density at radius 1 is 1.17 bits per heavy atom. The van der Waals surface area contributed by atoms with E-state index in [4.69, 9.17) is 4.74 Å². The van der Waals surface area contributed by atoms with E-state index in [1.54, 1.807) is 49.4 Å². The SMILES string of the molecule is COc1ccc([C@]2(C)NC(=O)N(CC(=O)N(C)Cc3ccccc3F)C2=O)cc1. The number of benzene rings is 2. The van der Waals surface area contributed by atoms with Gasteiger partial charge >= 0.3 is 6.03 Å². The Labute approximate surface area is 168 Å². The zero-order chi connectivity index (χ0) is 21.2. The number of hydrogen-bond donors (Lipinski definition) is 1. The Hall–Kier alpha value is -3.42. The fraction of sp³-hybridized carbons (Fsp3) is 0.286. The van der Waals surface area contributed by atoms with Gasteiger partial charge in [-0.3, -0.25) is 14.5 Å². The minimum atomic E-state index is -1.28. The Kier molecular flexibility index (Phi) is 5.54. The number of carbonyl (C=O) groups excluding carboxylic acids is 3. The van der Waals surface area contributed by atoms with Gasteiger partial charge in [0.15, 0.2) is 0 Å². The number of nitrogens with zero attached hydrogens (tertiary/aromatic N) is 2. The summed E-state index contributed by atoms with van der Waals surface area (Å²) in [5, 5.41) is 2.65. The van der Waals surface area contributed by atoms with Crippen molar-refractivity contribution in [2.45, 2.75) is 19.0 Å². The molecular weight excluding hydrogens is 377 g/mol. The van der Waals surface area contributed by atoms with Crippen molar-refractivity contribution in [2.24, 2.45) is 0 Å². The molecule has 1 aliphatic heterocycles. The molecule has 8 heteroatoms. The summed E-state index contributed by atoms with van der Waals surface area (Å²) in [6.45, 7) is 1.19. The average Bonchev–Trinajstić information content (AvgIpc) is 2.93. The molecule has 1 N–H and O–H groups in total. The number of rotatable bonds is 6. The number of hydrogen-bond acceptors (Lipinski definition) is 4. The first-order chi connectivity index (χ1) is 13.8. The highest BCUT2D eigenvalue weighted by Crippen LogP contribution is 2.30. The predicted molar refractivity (Wildman–Crippen MR) is 103 cm³/mol. The molecule has 0 spiro atoms. The van der Waals surface area contributed by atoms with Gasteiger partial charge in [-0.05, 0) is 30.7 Å². The normalized spacial score (nSPS) is 18.6. The van der Waals surface area contributed by atoms with Crippen LogP contribution >= 0.6 is 0 Å². The topological polar surface area (TPSA) is 79.0 Å². The number of urea groups is 1. The third-order valence-electron chi connectivity index (χ3n) is 5.03. The van der Waals surface area contributed by atoms with Crippen molar-refractivity contribution in [1.29, 1.82) is 0 Å². The van der Waals surface area contributed by atoms with Gasteiger partial charge in [0.25, 0.3) is 5.91 Å². The van der Waals surface area contributed by atoms with Crippen LogP contribution in [0.25, 0.3) is 0 Å². The lowest BCUT2D eigenvalue weighted by Crippen LogP contribution is -2.43. The third kappa shape index (κ3) is 3.91. The van der Waals surface area contributed by atoms with Crippen LogP contribution in [0.15, 0.2) is 48.5 Å². The van der Waals surface area contributed by atoms with Gasteiger partial charge in [0.05, 0.1) is 7.11 Å². The highest BCUT2D eigenvalue weighted by molar-refractivity contribution is 6.09. The second-order valence-electron chi connectivity index (χ2n) is 7.02. The van der Waals surface area contributed by atoms with Crippen molar-refractivity contribution in [3.63, 3.8) is 0 Å². The number of nitrogens with one attached hydrogen (secondary N) is 1. The number of halogens is 1. The minimum absolute atomic E-state index is 0.0326. The molecule has 4 amide bonds. The molecule has 2 aromatic carbocycles. The second-order valence-corrected chi connectivity index (χ2v) is 7.02. The van der Waals surface area contributed by atoms with E-state index >= 15 is 0 Å². The molecule has 1 aliphatic rings. The van der Waals surface area contributed by atoms with Crippen molar-refractivity contribution in [1.82, 2.24) is 15.1 Å². The number of amides is 4. The largest absolute Gasteiger partial charge is 0.497 e. The standard InChI is InChI=1S/C21H22FN3O4/c1-21(15-8-10-16(29-3)11-9-15)19(27)25(20(28)23-21)13-18(26)24(2)12-14-6-4-5-7-17(14)22/h4-11H,12-13H2,1-3H3,(H,23,28)/t21-/m0/s1. The maximum Gasteiger partial charge on any atom is 0.325 e. The van der Waals surface area contributed by atoms with Gasteiger partial charge in [0.2, 0.25) is 5.91 Å². The van der Waals surface area contributed by atoms with E-state index in [9.17, 15) is 18.8 Å². The van der Waals surface area contributed by atoms with Gasteiger partial charge in [0, 0.05) is 19.2 Å². The van der Waals surface area contributed by atoms with Gasteiger partial charge in [-0.15, -0.1) is 0 Å². The molecule has 3 rings (SSSR count). The first-order valence-electron chi connectivity index (χ1n) is 9.02. The van der Waals surface area contributed by atoms with Crippen LogP contribution in [-0.2, 0) is 21.7 Å². The summed E-state index contributed by atoms with van der Waals surface area (Å²) in [4.78, 5) is 40.1. The number of ether oxygens (including phenoxy) is 1. The molecule has 1 heterocycles. The summed E-state index contributed by atoms with van der Waals surface area (Å²) >= 11 is 0. The fourth-order valence-corrected chi connectivity index (χ4v) is 3.19. The summed E-state index contributed by atoms with van der Waals surface area (Å²) in [6, 6.07) is 12.2. The average molecular weight is 399 g/mol. The Bertz CT molecular complexity index is 947. The smallest absolute Gasteiger partial charge is 0.325 e. The number of imide groups is 1. The zero-order valence-electron chi connectivity index (χ0n) is 16.4. The quantitative estimate of drug-likeness (QED) is 0.756. The maximum absolute atomic E-state index is 13.8. The highest BCUT2D eigenvalue weighted by Gasteiger charge is 2.49. The van der Waals surface area contributed by atoms with Gasteiger partial charge in [0.1, 0.15) is 23.7 Å². The van der Waals surface area contributed by atoms with Crippen molar-refractivity contribution >= 4 is 17.8 Å². The van der Waals surface area contributed by atoms with Gasteiger partial charge < -0.3 is 15.0 Å². The van der Waals surface area contributed by atoms with Gasteiger partial charge in [-0.2, -0.15) is 0 Å². The van der Waals surface area contributed by atoms with Crippen LogP contribution in [0, 0.1) is 5.82 Å². The maximum atomic E-state index is 13.8. The lowest BCUT2D eigenvalue weighted by atomic mass is 9.92. The Balaban J connectivity index is 1.72. The molecule has 0 aliphatic carbocycles. The Morgan fingerprint density at radius 2 is 1.83 bits per heavy atom. The van der Waals surface area contributed by atoms with Crippen molar-refractivity contribution < 1.29 is 23.5 Å². The zero-order valence-corrected chi connectivity index (χ0v) is 16.4. The first-order valence-corrected chi connectivity index (χ1v) is 9.02. The summed E-state index contributed by atoms with van der Waals surface area (Å²) in [7, 11) is 3.03. The van der Waals surface area contributed by atoms with Gasteiger partial charge in [-0.25, -0.2) is 9.18 Å². The van der Waals surface area contributed by atoms with E-state index in [0.29, 0.717) is 16.9 Å². The number of likely N-dealkylation sites (N-methyl/N-ethyl adjacent to an activating group) is 1. The summed E-state index contributed by atoms with van der Waals surface area (Å²) < 4.78 is 18.9. The molecule has 1 fully saturated rings. The summed E-state index contributed by atoms with van der Waals surface area (Å²) in [5.41, 5.74) is -0.358. The van der Waals surface area contributed by atoms with Crippen LogP contribution in [0.1, 0.15) is 18.1 Å². The molecule has 0 saturated carbocycles. The van der Waals surface area contributed by atoms with Gasteiger partial charge in [-0.1, -0.05) is 30.3 Å². The summed E-state index contributed by atoms with van der Waals surface area (Å²) in [6.07, 6.45) is 0. The molecule has 29 heavy (non-hydrogen) atoms. The van der Waals surface area contributed by atoms with E-state index < -0.39 is 35.7 Å². The van der Waals surface area contributed by atoms with Crippen LogP contribution in [-0.4, -0.2) is 48.3 Å². The first kappa shape index (κ1) is 20.3. The van der Waals surface area contributed by atoms with Crippen LogP contribution in [0.3, 0.4) is 0 Å². The minimum Gasteiger partial charge on any atom is -0.497 e. The van der Waals surface area contributed by atoms with Crippen molar-refractivity contribution in [2.75, 3.05) is 20.7 Å². The molecule has 1 saturated heterocycles. The fourth-order valence-electron chi connectivity index (χ4n) is 3.19. The third-order valence-corrected chi connectivity index (χ3v) is 5.03. The van der Waals surface area contributed by atoms with E-state index in [-0.39, 0.29) is 6.54 Å². The number of methoxy groups -OCH3 is 1. The molecule has 152 valence electrons. The van der Waals surface area contributed by atoms with E-state index in [1.165, 1.54) is 25.1 Å². The van der Waals surface area contributed by atoms with E-state index in [2.05, 4.69) is 5.32 Å². The lowest BCUT2D eigenvalue weighted by molar-refractivity contribution is -0.138. The van der Waals surface area contributed by atoms with Crippen molar-refractivity contribution in [3.8, 4) is 5.75 Å². The molecule has 0 unspecified atom stereocenters. The molecule has 0 bridgehead atoms. The van der Waals surface area contributed by atoms with E-state index in [0.717, 1.165) is 4.90 Å². The van der Waals surface area contributed by atoms with Crippen LogP contribution in [0.2, 0.25) is 0 Å². The van der Waals surface area contributed by atoms with Crippen LogP contribution < -0.4 is 10.1 Å².